The largest absolute Gasteiger partial charge is 0.493 e. The third kappa shape index (κ3) is 3.40. The van der Waals surface area contributed by atoms with Crippen LogP contribution in [0.1, 0.15) is 23.7 Å². The molecule has 1 N–H and O–H groups in total. The zero-order chi connectivity index (χ0) is 19.4. The van der Waals surface area contributed by atoms with Crippen LogP contribution in [0.4, 0.5) is 5.95 Å². The second-order valence-electron chi connectivity index (χ2n) is 5.91. The molecule has 0 aliphatic heterocycles. The number of aryl methyl sites for hydroxylation is 1. The van der Waals surface area contributed by atoms with Crippen molar-refractivity contribution in [3.05, 3.63) is 42.0 Å². The molecular formula is C20H23N3O4. The van der Waals surface area contributed by atoms with E-state index < -0.39 is 0 Å². The van der Waals surface area contributed by atoms with Crippen molar-refractivity contribution >= 4 is 22.9 Å². The summed E-state index contributed by atoms with van der Waals surface area (Å²) in [5.74, 6) is 1.34. The Balaban J connectivity index is 2.01. The van der Waals surface area contributed by atoms with Crippen molar-refractivity contribution in [1.82, 2.24) is 9.55 Å². The maximum atomic E-state index is 13.0. The van der Waals surface area contributed by atoms with Crippen LogP contribution in [-0.2, 0) is 6.54 Å². The van der Waals surface area contributed by atoms with Gasteiger partial charge in [0, 0.05) is 6.54 Å². The Hall–Kier alpha value is -3.22. The number of amides is 1. The molecule has 0 unspecified atom stereocenters. The molecule has 3 aromatic rings. The Labute approximate surface area is 157 Å². The highest BCUT2D eigenvalue weighted by atomic mass is 16.5. The summed E-state index contributed by atoms with van der Waals surface area (Å²) in [5.41, 5.74) is 2.15. The van der Waals surface area contributed by atoms with Crippen molar-refractivity contribution in [2.75, 3.05) is 26.6 Å². The zero-order valence-electron chi connectivity index (χ0n) is 15.9. The van der Waals surface area contributed by atoms with Gasteiger partial charge in [-0.05, 0) is 30.7 Å². The number of nitrogens with zero attached hydrogens (tertiary/aromatic N) is 2. The molecule has 1 aromatic heterocycles. The quantitative estimate of drug-likeness (QED) is 0.687. The van der Waals surface area contributed by atoms with Crippen LogP contribution in [0, 0.1) is 0 Å². The fraction of sp³-hybridized carbons (Fsp3) is 0.300. The number of fused-ring (bicyclic) bond motifs is 1. The Morgan fingerprint density at radius 2 is 1.78 bits per heavy atom. The topological polar surface area (TPSA) is 74.6 Å². The zero-order valence-corrected chi connectivity index (χ0v) is 15.9. The summed E-state index contributed by atoms with van der Waals surface area (Å²) in [6.45, 7) is 2.83. The summed E-state index contributed by atoms with van der Waals surface area (Å²) in [4.78, 5) is 17.5. The molecule has 1 heterocycles. The predicted molar refractivity (Wildman–Crippen MR) is 104 cm³/mol. The SMILES string of the molecule is CCCn1c(NC(=O)c2ccc(OC)c(OC)c2OC)nc2ccccc21. The van der Waals surface area contributed by atoms with Gasteiger partial charge < -0.3 is 18.8 Å². The Morgan fingerprint density at radius 3 is 2.44 bits per heavy atom. The smallest absolute Gasteiger partial charge is 0.261 e. The summed E-state index contributed by atoms with van der Waals surface area (Å²) in [7, 11) is 4.52. The molecule has 0 aliphatic carbocycles. The average molecular weight is 369 g/mol. The van der Waals surface area contributed by atoms with Crippen LogP contribution < -0.4 is 19.5 Å². The van der Waals surface area contributed by atoms with Crippen LogP contribution in [0.2, 0.25) is 0 Å². The number of methoxy groups -OCH3 is 3. The third-order valence-corrected chi connectivity index (χ3v) is 4.28. The van der Waals surface area contributed by atoms with Gasteiger partial charge in [0.25, 0.3) is 5.91 Å². The van der Waals surface area contributed by atoms with Gasteiger partial charge >= 0.3 is 0 Å². The summed E-state index contributed by atoms with van der Waals surface area (Å²) in [6, 6.07) is 11.1. The number of aromatic nitrogens is 2. The van der Waals surface area contributed by atoms with Crippen LogP contribution in [0.25, 0.3) is 11.0 Å². The number of rotatable bonds is 7. The molecule has 0 saturated carbocycles. The maximum absolute atomic E-state index is 13.0. The number of carbonyl (C=O) groups is 1. The number of imidazole rings is 1. The van der Waals surface area contributed by atoms with Gasteiger partial charge in [-0.15, -0.1) is 0 Å². The molecule has 142 valence electrons. The van der Waals surface area contributed by atoms with E-state index in [1.54, 1.807) is 12.1 Å². The van der Waals surface area contributed by atoms with Crippen molar-refractivity contribution in [2.24, 2.45) is 0 Å². The van der Waals surface area contributed by atoms with Crippen molar-refractivity contribution < 1.29 is 19.0 Å². The lowest BCUT2D eigenvalue weighted by atomic mass is 10.1. The highest BCUT2D eigenvalue weighted by Gasteiger charge is 2.22. The van der Waals surface area contributed by atoms with Crippen LogP contribution in [0.3, 0.4) is 0 Å². The first-order valence-corrected chi connectivity index (χ1v) is 8.70. The lowest BCUT2D eigenvalue weighted by molar-refractivity contribution is 0.102. The van der Waals surface area contributed by atoms with E-state index >= 15 is 0 Å². The number of ether oxygens (including phenoxy) is 3. The number of benzene rings is 2. The molecule has 27 heavy (non-hydrogen) atoms. The number of anilines is 1. The summed E-state index contributed by atoms with van der Waals surface area (Å²) in [6.07, 6.45) is 0.920. The molecule has 3 rings (SSSR count). The average Bonchev–Trinajstić information content (AvgIpc) is 3.04. The minimum Gasteiger partial charge on any atom is -0.493 e. The van der Waals surface area contributed by atoms with Crippen molar-refractivity contribution in [3.8, 4) is 17.2 Å². The molecule has 2 aromatic carbocycles. The Bertz CT molecular complexity index is 965. The first-order chi connectivity index (χ1) is 13.1. The van der Waals surface area contributed by atoms with Crippen LogP contribution in [0.15, 0.2) is 36.4 Å². The lowest BCUT2D eigenvalue weighted by Gasteiger charge is -2.15. The molecule has 1 amide bonds. The number of hydrogen-bond donors (Lipinski definition) is 1. The van der Waals surface area contributed by atoms with E-state index in [2.05, 4.69) is 17.2 Å². The monoisotopic (exact) mass is 369 g/mol. The van der Waals surface area contributed by atoms with E-state index in [0.717, 1.165) is 24.0 Å². The predicted octanol–water partition coefficient (Wildman–Crippen LogP) is 3.72. The number of carbonyl (C=O) groups excluding carboxylic acids is 1. The summed E-state index contributed by atoms with van der Waals surface area (Å²) < 4.78 is 18.0. The van der Waals surface area contributed by atoms with Gasteiger partial charge in [-0.3, -0.25) is 10.1 Å². The van der Waals surface area contributed by atoms with E-state index in [0.29, 0.717) is 28.8 Å². The van der Waals surface area contributed by atoms with E-state index in [-0.39, 0.29) is 5.91 Å². The summed E-state index contributed by atoms with van der Waals surface area (Å²) in [5, 5.41) is 2.90. The first kappa shape index (κ1) is 18.6. The molecule has 0 radical (unpaired) electrons. The molecule has 7 heteroatoms. The molecule has 0 saturated heterocycles. The van der Waals surface area contributed by atoms with Crippen LogP contribution >= 0.6 is 0 Å². The fourth-order valence-corrected chi connectivity index (χ4v) is 3.07. The maximum Gasteiger partial charge on any atom is 0.261 e. The van der Waals surface area contributed by atoms with E-state index in [1.165, 1.54) is 21.3 Å². The first-order valence-electron chi connectivity index (χ1n) is 8.70. The Morgan fingerprint density at radius 1 is 1.04 bits per heavy atom. The second-order valence-corrected chi connectivity index (χ2v) is 5.91. The molecular weight excluding hydrogens is 346 g/mol. The molecule has 0 atom stereocenters. The van der Waals surface area contributed by atoms with Gasteiger partial charge in [-0.25, -0.2) is 4.98 Å². The fourth-order valence-electron chi connectivity index (χ4n) is 3.07. The minimum atomic E-state index is -0.333. The van der Waals surface area contributed by atoms with E-state index in [4.69, 9.17) is 14.2 Å². The second kappa shape index (κ2) is 7.99. The van der Waals surface area contributed by atoms with Gasteiger partial charge in [-0.1, -0.05) is 19.1 Å². The molecule has 0 aliphatic rings. The normalized spacial score (nSPS) is 10.7. The minimum absolute atomic E-state index is 0.313. The molecule has 0 spiro atoms. The number of hydrogen-bond acceptors (Lipinski definition) is 5. The van der Waals surface area contributed by atoms with E-state index in [9.17, 15) is 4.79 Å². The van der Waals surface area contributed by atoms with Gasteiger partial charge in [0.15, 0.2) is 11.5 Å². The lowest BCUT2D eigenvalue weighted by Crippen LogP contribution is -2.17. The standard InChI is InChI=1S/C20H23N3O4/c1-5-12-23-15-9-7-6-8-14(15)21-20(23)22-19(24)13-10-11-16(25-2)18(27-4)17(13)26-3/h6-11H,5,12H2,1-4H3,(H,21,22,24). The molecule has 0 bridgehead atoms. The number of nitrogens with one attached hydrogen (secondary N) is 1. The Kier molecular flexibility index (Phi) is 5.49. The van der Waals surface area contributed by atoms with Crippen molar-refractivity contribution in [2.45, 2.75) is 19.9 Å². The van der Waals surface area contributed by atoms with Gasteiger partial charge in [0.2, 0.25) is 11.7 Å². The summed E-state index contributed by atoms with van der Waals surface area (Å²) >= 11 is 0. The highest BCUT2D eigenvalue weighted by Crippen LogP contribution is 2.40. The van der Waals surface area contributed by atoms with Crippen LogP contribution in [0.5, 0.6) is 17.2 Å². The number of para-hydroxylation sites is 2. The van der Waals surface area contributed by atoms with Crippen molar-refractivity contribution in [3.63, 3.8) is 0 Å². The van der Waals surface area contributed by atoms with Gasteiger partial charge in [0.05, 0.1) is 37.9 Å². The molecule has 0 fully saturated rings. The molecule has 7 nitrogen and oxygen atoms in total. The third-order valence-electron chi connectivity index (χ3n) is 4.28. The van der Waals surface area contributed by atoms with Crippen molar-refractivity contribution in [1.29, 1.82) is 0 Å². The van der Waals surface area contributed by atoms with Gasteiger partial charge in [-0.2, -0.15) is 0 Å². The highest BCUT2D eigenvalue weighted by molar-refractivity contribution is 6.06. The van der Waals surface area contributed by atoms with Gasteiger partial charge in [0.1, 0.15) is 0 Å². The van der Waals surface area contributed by atoms with Crippen LogP contribution in [-0.4, -0.2) is 36.8 Å². The van der Waals surface area contributed by atoms with E-state index in [1.807, 2.05) is 28.8 Å².